The molecule has 1 aliphatic rings. The van der Waals surface area contributed by atoms with Crippen LogP contribution >= 0.6 is 0 Å². The molecule has 1 fully saturated rings. The number of carbonyl (C=O) groups is 1. The lowest BCUT2D eigenvalue weighted by atomic mass is 10.4. The maximum Gasteiger partial charge on any atom is 0.237 e. The molecule has 1 saturated heterocycles. The van der Waals surface area contributed by atoms with Gasteiger partial charge in [0.2, 0.25) is 15.9 Å². The van der Waals surface area contributed by atoms with E-state index < -0.39 is 15.3 Å². The number of nitrogens with two attached hydrogens (primary N) is 1. The highest BCUT2D eigenvalue weighted by molar-refractivity contribution is 7.89. The summed E-state index contributed by atoms with van der Waals surface area (Å²) >= 11 is 0. The average Bonchev–Trinajstić information content (AvgIpc) is 2.20. The molecule has 1 unspecified atom stereocenters. The van der Waals surface area contributed by atoms with Crippen LogP contribution in [0.3, 0.4) is 0 Å². The van der Waals surface area contributed by atoms with Gasteiger partial charge in [-0.2, -0.15) is 4.31 Å². The summed E-state index contributed by atoms with van der Waals surface area (Å²) in [5, 5.41) is -0.631. The quantitative estimate of drug-likeness (QED) is 0.641. The van der Waals surface area contributed by atoms with Gasteiger partial charge >= 0.3 is 0 Å². The number of piperazine rings is 1. The Kier molecular flexibility index (Phi) is 3.69. The summed E-state index contributed by atoms with van der Waals surface area (Å²) in [6.07, 6.45) is 0. The fourth-order valence-electron chi connectivity index (χ4n) is 1.33. The molecule has 0 aliphatic carbocycles. The Balaban J connectivity index is 2.78. The van der Waals surface area contributed by atoms with Crippen molar-refractivity contribution < 1.29 is 13.2 Å². The molecule has 1 aliphatic heterocycles. The summed E-state index contributed by atoms with van der Waals surface area (Å²) in [6.45, 7) is 2.36. The van der Waals surface area contributed by atoms with Gasteiger partial charge in [-0.1, -0.05) is 0 Å². The summed E-state index contributed by atoms with van der Waals surface area (Å²) < 4.78 is 24.9. The van der Waals surface area contributed by atoms with E-state index in [9.17, 15) is 13.2 Å². The van der Waals surface area contributed by atoms with Gasteiger partial charge in [-0.15, -0.1) is 0 Å². The number of nitrogens with zero attached hydrogens (tertiary/aromatic N) is 2. The first-order valence-electron chi connectivity index (χ1n) is 4.82. The van der Waals surface area contributed by atoms with E-state index in [0.29, 0.717) is 13.1 Å². The minimum Gasteiger partial charge on any atom is -0.343 e. The van der Waals surface area contributed by atoms with Crippen LogP contribution in [-0.4, -0.2) is 62.0 Å². The number of carbonyl (C=O) groups excluding carboxylic acids is 1. The van der Waals surface area contributed by atoms with Crippen LogP contribution in [0.4, 0.5) is 0 Å². The number of likely N-dealkylation sites (N-methyl/N-ethyl adjacent to an activating group) is 1. The average molecular weight is 235 g/mol. The SMILES string of the molecule is CC(CN)S(=O)(=O)N1CCN(C)C(=O)C1. The van der Waals surface area contributed by atoms with E-state index in [0.717, 1.165) is 0 Å². The molecule has 0 aromatic carbocycles. The van der Waals surface area contributed by atoms with Crippen molar-refractivity contribution in [3.63, 3.8) is 0 Å². The van der Waals surface area contributed by atoms with E-state index in [2.05, 4.69) is 0 Å². The molecule has 1 heterocycles. The van der Waals surface area contributed by atoms with Gasteiger partial charge in [0.15, 0.2) is 0 Å². The first-order valence-corrected chi connectivity index (χ1v) is 6.33. The van der Waals surface area contributed by atoms with Crippen molar-refractivity contribution in [1.82, 2.24) is 9.21 Å². The van der Waals surface area contributed by atoms with Gasteiger partial charge in [-0.25, -0.2) is 8.42 Å². The molecule has 1 amide bonds. The summed E-state index contributed by atoms with van der Waals surface area (Å²) in [4.78, 5) is 12.9. The standard InChI is InChI=1S/C8H17N3O3S/c1-7(5-9)15(13,14)11-4-3-10(2)8(12)6-11/h7H,3-6,9H2,1-2H3. The topological polar surface area (TPSA) is 83.7 Å². The fourth-order valence-corrected chi connectivity index (χ4v) is 2.71. The normalized spacial score (nSPS) is 21.8. The van der Waals surface area contributed by atoms with Gasteiger partial charge in [0.1, 0.15) is 0 Å². The van der Waals surface area contributed by atoms with Crippen LogP contribution in [0.1, 0.15) is 6.92 Å². The molecule has 6 nitrogen and oxygen atoms in total. The van der Waals surface area contributed by atoms with E-state index in [-0.39, 0.29) is 19.0 Å². The van der Waals surface area contributed by atoms with E-state index in [4.69, 9.17) is 5.73 Å². The van der Waals surface area contributed by atoms with Crippen LogP contribution in [0.15, 0.2) is 0 Å². The molecular weight excluding hydrogens is 218 g/mol. The van der Waals surface area contributed by atoms with Gasteiger partial charge in [0, 0.05) is 26.7 Å². The van der Waals surface area contributed by atoms with Gasteiger partial charge in [0.05, 0.1) is 11.8 Å². The molecule has 0 saturated carbocycles. The second-order valence-corrected chi connectivity index (χ2v) is 6.09. The third kappa shape index (κ3) is 2.47. The van der Waals surface area contributed by atoms with Crippen LogP contribution in [0, 0.1) is 0 Å². The molecule has 88 valence electrons. The van der Waals surface area contributed by atoms with Gasteiger partial charge in [0.25, 0.3) is 0 Å². The van der Waals surface area contributed by atoms with Crippen molar-refractivity contribution >= 4 is 15.9 Å². The summed E-state index contributed by atoms with van der Waals surface area (Å²) in [5.41, 5.74) is 5.33. The molecule has 0 aromatic heterocycles. The minimum absolute atomic E-state index is 0.0663. The van der Waals surface area contributed by atoms with Crippen molar-refractivity contribution in [2.75, 3.05) is 33.2 Å². The molecule has 0 bridgehead atoms. The number of sulfonamides is 1. The molecule has 2 N–H and O–H groups in total. The molecule has 15 heavy (non-hydrogen) atoms. The van der Waals surface area contributed by atoms with Crippen LogP contribution in [0.2, 0.25) is 0 Å². The van der Waals surface area contributed by atoms with Gasteiger partial charge in [-0.3, -0.25) is 4.79 Å². The van der Waals surface area contributed by atoms with Gasteiger partial charge in [-0.05, 0) is 6.92 Å². The van der Waals surface area contributed by atoms with E-state index in [1.807, 2.05) is 0 Å². The maximum absolute atomic E-state index is 11.8. The fraction of sp³-hybridized carbons (Fsp3) is 0.875. The highest BCUT2D eigenvalue weighted by Gasteiger charge is 2.33. The van der Waals surface area contributed by atoms with E-state index in [1.54, 1.807) is 14.0 Å². The third-order valence-electron chi connectivity index (χ3n) is 2.62. The molecule has 0 aromatic rings. The zero-order valence-electron chi connectivity index (χ0n) is 9.01. The predicted octanol–water partition coefficient (Wildman–Crippen LogP) is -1.56. The molecule has 0 radical (unpaired) electrons. The third-order valence-corrected chi connectivity index (χ3v) is 4.86. The Labute approximate surface area is 90.1 Å². The number of hydrogen-bond acceptors (Lipinski definition) is 4. The number of hydrogen-bond donors (Lipinski definition) is 1. The highest BCUT2D eigenvalue weighted by atomic mass is 32.2. The van der Waals surface area contributed by atoms with Crippen LogP contribution in [0.5, 0.6) is 0 Å². The van der Waals surface area contributed by atoms with Crippen molar-refractivity contribution in [3.8, 4) is 0 Å². The van der Waals surface area contributed by atoms with Crippen LogP contribution < -0.4 is 5.73 Å². The number of rotatable bonds is 3. The Morgan fingerprint density at radius 1 is 1.47 bits per heavy atom. The molecular formula is C8H17N3O3S. The Morgan fingerprint density at radius 3 is 2.53 bits per heavy atom. The summed E-state index contributed by atoms with van der Waals surface area (Å²) in [6, 6.07) is 0. The van der Waals surface area contributed by atoms with Crippen molar-refractivity contribution in [2.24, 2.45) is 5.73 Å². The molecule has 1 rings (SSSR count). The van der Waals surface area contributed by atoms with Gasteiger partial charge < -0.3 is 10.6 Å². The van der Waals surface area contributed by atoms with Crippen molar-refractivity contribution in [2.45, 2.75) is 12.2 Å². The van der Waals surface area contributed by atoms with E-state index in [1.165, 1.54) is 9.21 Å². The Bertz CT molecular complexity index is 341. The second-order valence-electron chi connectivity index (χ2n) is 3.74. The zero-order valence-corrected chi connectivity index (χ0v) is 9.83. The van der Waals surface area contributed by atoms with Crippen LogP contribution in [0.25, 0.3) is 0 Å². The minimum atomic E-state index is -3.41. The van der Waals surface area contributed by atoms with E-state index >= 15 is 0 Å². The van der Waals surface area contributed by atoms with Crippen molar-refractivity contribution in [1.29, 1.82) is 0 Å². The summed E-state index contributed by atoms with van der Waals surface area (Å²) in [7, 11) is -1.74. The second kappa shape index (κ2) is 4.46. The Morgan fingerprint density at radius 2 is 2.07 bits per heavy atom. The lowest BCUT2D eigenvalue weighted by Crippen LogP contribution is -2.53. The zero-order chi connectivity index (χ0) is 11.6. The molecule has 7 heteroatoms. The first kappa shape index (κ1) is 12.4. The lowest BCUT2D eigenvalue weighted by molar-refractivity contribution is -0.132. The lowest BCUT2D eigenvalue weighted by Gasteiger charge is -2.32. The first-order chi connectivity index (χ1) is 6.89. The largest absolute Gasteiger partial charge is 0.343 e. The maximum atomic E-state index is 11.8. The highest BCUT2D eigenvalue weighted by Crippen LogP contribution is 2.11. The smallest absolute Gasteiger partial charge is 0.237 e. The number of amides is 1. The summed E-state index contributed by atoms with van der Waals surface area (Å²) in [5.74, 6) is -0.172. The monoisotopic (exact) mass is 235 g/mol. The Hall–Kier alpha value is -0.660. The van der Waals surface area contributed by atoms with Crippen molar-refractivity contribution in [3.05, 3.63) is 0 Å². The predicted molar refractivity (Wildman–Crippen MR) is 56.6 cm³/mol. The molecule has 0 spiro atoms. The van der Waals surface area contributed by atoms with Crippen LogP contribution in [-0.2, 0) is 14.8 Å². The molecule has 1 atom stereocenters.